The minimum Gasteiger partial charge on any atom is -0.370 e. The highest BCUT2D eigenvalue weighted by molar-refractivity contribution is 5.97. The monoisotopic (exact) mass is 358 g/mol. The lowest BCUT2D eigenvalue weighted by molar-refractivity contribution is -0.125. The lowest BCUT2D eigenvalue weighted by Gasteiger charge is -2.30. The fourth-order valence-electron chi connectivity index (χ4n) is 3.66. The number of benzene rings is 1. The molecule has 0 spiro atoms. The first-order valence-electron chi connectivity index (χ1n) is 9.44. The molecule has 0 unspecified atom stereocenters. The van der Waals surface area contributed by atoms with Crippen LogP contribution in [0.3, 0.4) is 0 Å². The van der Waals surface area contributed by atoms with Gasteiger partial charge in [-0.1, -0.05) is 0 Å². The second kappa shape index (κ2) is 7.34. The maximum Gasteiger partial charge on any atom is 0.253 e. The number of rotatable bonds is 7. The molecule has 1 aliphatic heterocycles. The molecular formula is C19H26N4O3. The molecule has 2 saturated carbocycles. The van der Waals surface area contributed by atoms with Gasteiger partial charge in [0.15, 0.2) is 0 Å². The van der Waals surface area contributed by atoms with Crippen LogP contribution in [0.1, 0.15) is 25.7 Å². The summed E-state index contributed by atoms with van der Waals surface area (Å²) in [5, 5.41) is 2.99. The number of carbonyl (C=O) groups is 2. The Balaban J connectivity index is 1.41. The Morgan fingerprint density at radius 3 is 2.42 bits per heavy atom. The number of anilines is 2. The molecule has 1 saturated heterocycles. The zero-order valence-corrected chi connectivity index (χ0v) is 14.9. The van der Waals surface area contributed by atoms with Gasteiger partial charge >= 0.3 is 0 Å². The van der Waals surface area contributed by atoms with Crippen molar-refractivity contribution in [3.05, 3.63) is 24.3 Å². The van der Waals surface area contributed by atoms with E-state index < -0.39 is 0 Å². The summed E-state index contributed by atoms with van der Waals surface area (Å²) in [6.45, 7) is 1.55. The molecule has 3 aliphatic rings. The summed E-state index contributed by atoms with van der Waals surface area (Å²) in [5.74, 6) is -0.0813. The molecule has 4 rings (SSSR count). The van der Waals surface area contributed by atoms with Crippen molar-refractivity contribution >= 4 is 23.2 Å². The number of nitrogens with zero attached hydrogens (tertiary/aromatic N) is 2. The van der Waals surface area contributed by atoms with Gasteiger partial charge in [-0.15, -0.1) is 0 Å². The van der Waals surface area contributed by atoms with Gasteiger partial charge in [0.25, 0.3) is 5.91 Å². The number of morpholine rings is 1. The van der Waals surface area contributed by atoms with E-state index in [0.29, 0.717) is 31.8 Å². The fourth-order valence-corrected chi connectivity index (χ4v) is 3.66. The third-order valence-electron chi connectivity index (χ3n) is 5.26. The van der Waals surface area contributed by atoms with Crippen LogP contribution in [0.25, 0.3) is 0 Å². The lowest BCUT2D eigenvalue weighted by Crippen LogP contribution is -2.50. The van der Waals surface area contributed by atoms with Gasteiger partial charge in [0.1, 0.15) is 12.6 Å². The number of hydrogen-bond donors (Lipinski definition) is 2. The van der Waals surface area contributed by atoms with E-state index in [9.17, 15) is 9.59 Å². The van der Waals surface area contributed by atoms with Gasteiger partial charge in [-0.2, -0.15) is 0 Å². The van der Waals surface area contributed by atoms with Crippen LogP contribution in [-0.4, -0.2) is 61.1 Å². The standard InChI is InChI=1S/C19H26N4O3/c20-11-17(23(15-5-6-15)16-7-8-16)19(25)21-13-1-3-14(4-2-13)22-9-10-26-12-18(22)24/h1-4,15-17H,5-12,20H2,(H,21,25)/t17-/m0/s1. The summed E-state index contributed by atoms with van der Waals surface area (Å²) in [7, 11) is 0. The maximum atomic E-state index is 12.8. The maximum absolute atomic E-state index is 12.8. The number of nitrogens with two attached hydrogens (primary N) is 1. The Morgan fingerprint density at radius 1 is 1.23 bits per heavy atom. The molecule has 2 amide bonds. The third kappa shape index (κ3) is 3.75. The minimum absolute atomic E-state index is 0.0403. The van der Waals surface area contributed by atoms with E-state index in [2.05, 4.69) is 10.2 Å². The Labute approximate surface area is 153 Å². The van der Waals surface area contributed by atoms with Crippen LogP contribution in [0.2, 0.25) is 0 Å². The second-order valence-corrected chi connectivity index (χ2v) is 7.30. The van der Waals surface area contributed by atoms with Crippen LogP contribution in [-0.2, 0) is 14.3 Å². The van der Waals surface area contributed by atoms with Crippen molar-refractivity contribution in [3.63, 3.8) is 0 Å². The predicted octanol–water partition coefficient (Wildman–Crippen LogP) is 0.942. The molecule has 1 atom stereocenters. The fraction of sp³-hybridized carbons (Fsp3) is 0.579. The second-order valence-electron chi connectivity index (χ2n) is 7.30. The largest absolute Gasteiger partial charge is 0.370 e. The van der Waals surface area contributed by atoms with E-state index in [1.807, 2.05) is 24.3 Å². The zero-order chi connectivity index (χ0) is 18.1. The first kappa shape index (κ1) is 17.5. The highest BCUT2D eigenvalue weighted by Gasteiger charge is 2.44. The van der Waals surface area contributed by atoms with Crippen molar-refractivity contribution < 1.29 is 14.3 Å². The quantitative estimate of drug-likeness (QED) is 0.757. The molecule has 3 N–H and O–H groups in total. The number of ether oxygens (including phenoxy) is 1. The van der Waals surface area contributed by atoms with Gasteiger partial charge < -0.3 is 20.7 Å². The topological polar surface area (TPSA) is 87.9 Å². The average Bonchev–Trinajstić information content (AvgIpc) is 3.55. The lowest BCUT2D eigenvalue weighted by atomic mass is 10.2. The summed E-state index contributed by atoms with van der Waals surface area (Å²) >= 11 is 0. The summed E-state index contributed by atoms with van der Waals surface area (Å²) in [6.07, 6.45) is 4.68. The van der Waals surface area contributed by atoms with Crippen LogP contribution in [0.4, 0.5) is 11.4 Å². The molecule has 140 valence electrons. The van der Waals surface area contributed by atoms with E-state index in [1.165, 1.54) is 25.7 Å². The summed E-state index contributed by atoms with van der Waals surface area (Å²) in [6, 6.07) is 8.17. The van der Waals surface area contributed by atoms with E-state index in [4.69, 9.17) is 10.5 Å². The SMILES string of the molecule is NC[C@@H](C(=O)Nc1ccc(N2CCOCC2=O)cc1)N(C1CC1)C1CC1. The van der Waals surface area contributed by atoms with Gasteiger partial charge in [-0.25, -0.2) is 0 Å². The highest BCUT2D eigenvalue weighted by atomic mass is 16.5. The molecule has 1 aromatic carbocycles. The van der Waals surface area contributed by atoms with Crippen LogP contribution < -0.4 is 16.0 Å². The first-order valence-corrected chi connectivity index (χ1v) is 9.44. The predicted molar refractivity (Wildman–Crippen MR) is 99.0 cm³/mol. The van der Waals surface area contributed by atoms with Crippen LogP contribution in [0.5, 0.6) is 0 Å². The molecule has 26 heavy (non-hydrogen) atoms. The van der Waals surface area contributed by atoms with E-state index in [1.54, 1.807) is 4.90 Å². The number of amides is 2. The number of nitrogens with one attached hydrogen (secondary N) is 1. The Hall–Kier alpha value is -1.96. The highest BCUT2D eigenvalue weighted by Crippen LogP contribution is 2.38. The van der Waals surface area contributed by atoms with Gasteiger partial charge in [0, 0.05) is 36.5 Å². The normalized spacial score (nSPS) is 21.8. The number of carbonyl (C=O) groups excluding carboxylic acids is 2. The van der Waals surface area contributed by atoms with Gasteiger partial charge in [0.2, 0.25) is 5.91 Å². The van der Waals surface area contributed by atoms with E-state index in [-0.39, 0.29) is 24.5 Å². The van der Waals surface area contributed by atoms with E-state index in [0.717, 1.165) is 11.4 Å². The summed E-state index contributed by atoms with van der Waals surface area (Å²) in [5.41, 5.74) is 7.49. The average molecular weight is 358 g/mol. The molecule has 7 nitrogen and oxygen atoms in total. The van der Waals surface area contributed by atoms with Gasteiger partial charge in [-0.05, 0) is 49.9 Å². The molecule has 0 radical (unpaired) electrons. The molecule has 0 bridgehead atoms. The number of hydrogen-bond acceptors (Lipinski definition) is 5. The van der Waals surface area contributed by atoms with Crippen molar-refractivity contribution in [2.24, 2.45) is 5.73 Å². The molecule has 1 heterocycles. The van der Waals surface area contributed by atoms with E-state index >= 15 is 0 Å². The van der Waals surface area contributed by atoms with Crippen molar-refractivity contribution in [3.8, 4) is 0 Å². The Bertz CT molecular complexity index is 658. The summed E-state index contributed by atoms with van der Waals surface area (Å²) in [4.78, 5) is 28.7. The molecular weight excluding hydrogens is 332 g/mol. The van der Waals surface area contributed by atoms with Gasteiger partial charge in [-0.3, -0.25) is 14.5 Å². The van der Waals surface area contributed by atoms with Crippen molar-refractivity contribution in [1.29, 1.82) is 0 Å². The molecule has 7 heteroatoms. The first-order chi connectivity index (χ1) is 12.7. The smallest absolute Gasteiger partial charge is 0.253 e. The van der Waals surface area contributed by atoms with Gasteiger partial charge in [0.05, 0.1) is 6.61 Å². The zero-order valence-electron chi connectivity index (χ0n) is 14.9. The Kier molecular flexibility index (Phi) is 4.93. The molecule has 3 fully saturated rings. The van der Waals surface area contributed by atoms with Crippen molar-refractivity contribution in [2.75, 3.05) is 36.5 Å². The minimum atomic E-state index is -0.268. The van der Waals surface area contributed by atoms with Crippen LogP contribution in [0.15, 0.2) is 24.3 Å². The van der Waals surface area contributed by atoms with Crippen LogP contribution in [0, 0.1) is 0 Å². The molecule has 2 aliphatic carbocycles. The van der Waals surface area contributed by atoms with Crippen molar-refractivity contribution in [1.82, 2.24) is 4.90 Å². The molecule has 1 aromatic rings. The van der Waals surface area contributed by atoms with Crippen LogP contribution >= 0.6 is 0 Å². The van der Waals surface area contributed by atoms with Crippen molar-refractivity contribution in [2.45, 2.75) is 43.8 Å². The molecule has 0 aromatic heterocycles. The summed E-state index contributed by atoms with van der Waals surface area (Å²) < 4.78 is 5.15. The Morgan fingerprint density at radius 2 is 1.88 bits per heavy atom. The third-order valence-corrected chi connectivity index (χ3v) is 5.26.